The van der Waals surface area contributed by atoms with Crippen LogP contribution in [0.25, 0.3) is 0 Å². The average molecular weight is 291 g/mol. The van der Waals surface area contributed by atoms with Gasteiger partial charge in [-0.1, -0.05) is 30.3 Å². The average Bonchev–Trinajstić information content (AvgIpc) is 2.92. The maximum atomic E-state index is 10.5. The smallest absolute Gasteiger partial charge is 0.303 e. The van der Waals surface area contributed by atoms with Crippen LogP contribution in [0, 0.1) is 0 Å². The zero-order valence-corrected chi connectivity index (χ0v) is 12.5. The van der Waals surface area contributed by atoms with Gasteiger partial charge in [-0.2, -0.15) is 0 Å². The van der Waals surface area contributed by atoms with Crippen LogP contribution < -0.4 is 0 Å². The molecule has 0 aliphatic carbocycles. The minimum Gasteiger partial charge on any atom is -0.481 e. The maximum Gasteiger partial charge on any atom is 0.303 e. The molecule has 1 fully saturated rings. The third-order valence-corrected chi connectivity index (χ3v) is 3.90. The van der Waals surface area contributed by atoms with Crippen LogP contribution in [-0.4, -0.2) is 48.3 Å². The Balaban J connectivity index is 1.53. The quantitative estimate of drug-likeness (QED) is 0.710. The Morgan fingerprint density at radius 2 is 2.10 bits per heavy atom. The van der Waals surface area contributed by atoms with E-state index in [9.17, 15) is 4.79 Å². The molecule has 4 nitrogen and oxygen atoms in total. The van der Waals surface area contributed by atoms with E-state index in [1.54, 1.807) is 0 Å². The number of carboxylic acids is 1. The van der Waals surface area contributed by atoms with Crippen LogP contribution in [0.5, 0.6) is 0 Å². The van der Waals surface area contributed by atoms with Gasteiger partial charge in [-0.25, -0.2) is 0 Å². The molecule has 1 aromatic carbocycles. The van der Waals surface area contributed by atoms with Gasteiger partial charge in [0.05, 0.1) is 6.10 Å². The second-order valence-electron chi connectivity index (χ2n) is 5.67. The Labute approximate surface area is 126 Å². The summed E-state index contributed by atoms with van der Waals surface area (Å²) >= 11 is 0. The highest BCUT2D eigenvalue weighted by atomic mass is 16.5. The molecular weight excluding hydrogens is 266 g/mol. The summed E-state index contributed by atoms with van der Waals surface area (Å²) in [6, 6.07) is 10.5. The maximum absolute atomic E-state index is 10.5. The summed E-state index contributed by atoms with van der Waals surface area (Å²) < 4.78 is 5.92. The number of carbonyl (C=O) groups is 1. The van der Waals surface area contributed by atoms with E-state index in [2.05, 4.69) is 29.2 Å². The molecule has 1 saturated heterocycles. The molecule has 1 heterocycles. The van der Waals surface area contributed by atoms with Crippen LogP contribution in [0.3, 0.4) is 0 Å². The number of nitrogens with zero attached hydrogens (tertiary/aromatic N) is 1. The molecule has 0 aromatic heterocycles. The van der Waals surface area contributed by atoms with Crippen molar-refractivity contribution in [2.45, 2.75) is 38.2 Å². The summed E-state index contributed by atoms with van der Waals surface area (Å²) in [6.07, 6.45) is 4.51. The monoisotopic (exact) mass is 291 g/mol. The SMILES string of the molecule is O=C(O)CCCN1CC[C@@H](OCCCc2ccccc2)C1. The van der Waals surface area contributed by atoms with Crippen molar-refractivity contribution >= 4 is 5.97 Å². The predicted octanol–water partition coefficient (Wildman–Crippen LogP) is 2.57. The van der Waals surface area contributed by atoms with Gasteiger partial charge in [0.15, 0.2) is 0 Å². The van der Waals surface area contributed by atoms with Gasteiger partial charge in [-0.05, 0) is 37.8 Å². The second-order valence-corrected chi connectivity index (χ2v) is 5.67. The Morgan fingerprint density at radius 1 is 1.29 bits per heavy atom. The van der Waals surface area contributed by atoms with Crippen molar-refractivity contribution in [1.29, 1.82) is 0 Å². The number of hydrogen-bond donors (Lipinski definition) is 1. The number of likely N-dealkylation sites (tertiary alicyclic amines) is 1. The number of ether oxygens (including phenoxy) is 1. The van der Waals surface area contributed by atoms with Gasteiger partial charge in [-0.3, -0.25) is 4.79 Å². The Morgan fingerprint density at radius 3 is 2.86 bits per heavy atom. The lowest BCUT2D eigenvalue weighted by atomic mass is 10.1. The first-order chi connectivity index (χ1) is 10.2. The topological polar surface area (TPSA) is 49.8 Å². The van der Waals surface area contributed by atoms with Crippen molar-refractivity contribution in [3.8, 4) is 0 Å². The molecule has 1 aliphatic heterocycles. The summed E-state index contributed by atoms with van der Waals surface area (Å²) in [5.41, 5.74) is 1.36. The molecule has 1 aromatic rings. The van der Waals surface area contributed by atoms with Crippen LogP contribution >= 0.6 is 0 Å². The molecule has 0 bridgehead atoms. The molecule has 0 spiro atoms. The summed E-state index contributed by atoms with van der Waals surface area (Å²) in [6.45, 7) is 3.66. The van der Waals surface area contributed by atoms with Gasteiger partial charge in [0.25, 0.3) is 0 Å². The van der Waals surface area contributed by atoms with Crippen LogP contribution in [0.1, 0.15) is 31.2 Å². The molecule has 1 N–H and O–H groups in total. The summed E-state index contributed by atoms with van der Waals surface area (Å²) in [7, 11) is 0. The van der Waals surface area contributed by atoms with E-state index in [0.717, 1.165) is 51.9 Å². The summed E-state index contributed by atoms with van der Waals surface area (Å²) in [4.78, 5) is 12.8. The Kier molecular flexibility index (Phi) is 6.70. The van der Waals surface area contributed by atoms with E-state index in [0.29, 0.717) is 6.10 Å². The largest absolute Gasteiger partial charge is 0.481 e. The third-order valence-electron chi connectivity index (χ3n) is 3.90. The molecule has 1 atom stereocenters. The van der Waals surface area contributed by atoms with Crippen LogP contribution in [0.2, 0.25) is 0 Å². The number of rotatable bonds is 9. The van der Waals surface area contributed by atoms with E-state index >= 15 is 0 Å². The van der Waals surface area contributed by atoms with Crippen LogP contribution in [-0.2, 0) is 16.0 Å². The molecule has 0 unspecified atom stereocenters. The molecule has 0 saturated carbocycles. The highest BCUT2D eigenvalue weighted by Crippen LogP contribution is 2.14. The molecule has 21 heavy (non-hydrogen) atoms. The van der Waals surface area contributed by atoms with E-state index < -0.39 is 5.97 Å². The van der Waals surface area contributed by atoms with E-state index in [4.69, 9.17) is 9.84 Å². The van der Waals surface area contributed by atoms with E-state index in [1.165, 1.54) is 5.56 Å². The van der Waals surface area contributed by atoms with Gasteiger partial charge >= 0.3 is 5.97 Å². The van der Waals surface area contributed by atoms with Gasteiger partial charge in [0, 0.05) is 26.1 Å². The zero-order chi connectivity index (χ0) is 14.9. The Hall–Kier alpha value is -1.39. The lowest BCUT2D eigenvalue weighted by molar-refractivity contribution is -0.137. The molecule has 116 valence electrons. The van der Waals surface area contributed by atoms with Crippen LogP contribution in [0.4, 0.5) is 0 Å². The highest BCUT2D eigenvalue weighted by Gasteiger charge is 2.22. The summed E-state index contributed by atoms with van der Waals surface area (Å²) in [5, 5.41) is 8.63. The lowest BCUT2D eigenvalue weighted by Crippen LogP contribution is -2.25. The van der Waals surface area contributed by atoms with Gasteiger partial charge < -0.3 is 14.7 Å². The van der Waals surface area contributed by atoms with Crippen molar-refractivity contribution in [2.75, 3.05) is 26.2 Å². The van der Waals surface area contributed by atoms with Crippen molar-refractivity contribution in [2.24, 2.45) is 0 Å². The molecule has 0 amide bonds. The van der Waals surface area contributed by atoms with Crippen molar-refractivity contribution in [3.63, 3.8) is 0 Å². The predicted molar refractivity (Wildman–Crippen MR) is 82.4 cm³/mol. The van der Waals surface area contributed by atoms with Gasteiger partial charge in [-0.15, -0.1) is 0 Å². The minimum atomic E-state index is -0.706. The number of aliphatic carboxylic acids is 1. The van der Waals surface area contributed by atoms with Crippen molar-refractivity contribution in [3.05, 3.63) is 35.9 Å². The molecule has 4 heteroatoms. The first kappa shape index (κ1) is 16.0. The number of aryl methyl sites for hydroxylation is 1. The van der Waals surface area contributed by atoms with E-state index in [1.807, 2.05) is 6.07 Å². The normalized spacial score (nSPS) is 19.0. The van der Waals surface area contributed by atoms with Crippen LogP contribution in [0.15, 0.2) is 30.3 Å². The fourth-order valence-corrected chi connectivity index (χ4v) is 2.76. The Bertz CT molecular complexity index is 421. The highest BCUT2D eigenvalue weighted by molar-refractivity contribution is 5.66. The van der Waals surface area contributed by atoms with Crippen molar-refractivity contribution in [1.82, 2.24) is 4.90 Å². The fraction of sp³-hybridized carbons (Fsp3) is 0.588. The van der Waals surface area contributed by atoms with E-state index in [-0.39, 0.29) is 6.42 Å². The lowest BCUT2D eigenvalue weighted by Gasteiger charge is -2.15. The second kappa shape index (κ2) is 8.80. The summed E-state index contributed by atoms with van der Waals surface area (Å²) in [5.74, 6) is -0.706. The fourth-order valence-electron chi connectivity index (χ4n) is 2.76. The first-order valence-corrected chi connectivity index (χ1v) is 7.84. The molecular formula is C17H25NO3. The third kappa shape index (κ3) is 6.27. The molecule has 0 radical (unpaired) electrons. The molecule has 2 rings (SSSR count). The number of carboxylic acid groups (broad SMARTS) is 1. The zero-order valence-electron chi connectivity index (χ0n) is 12.5. The standard InChI is InChI=1S/C17H25NO3/c19-17(20)9-4-11-18-12-10-16(14-18)21-13-5-8-15-6-2-1-3-7-15/h1-3,6-7,16H,4-5,8-14H2,(H,19,20)/t16-/m1/s1. The van der Waals surface area contributed by atoms with Gasteiger partial charge in [0.2, 0.25) is 0 Å². The van der Waals surface area contributed by atoms with Crippen molar-refractivity contribution < 1.29 is 14.6 Å². The first-order valence-electron chi connectivity index (χ1n) is 7.84. The minimum absolute atomic E-state index is 0.263. The van der Waals surface area contributed by atoms with Gasteiger partial charge in [0.1, 0.15) is 0 Å². The molecule has 1 aliphatic rings. The number of hydrogen-bond acceptors (Lipinski definition) is 3. The number of benzene rings is 1.